The van der Waals surface area contributed by atoms with E-state index >= 15 is 0 Å². The molecule has 144 valence electrons. The summed E-state index contributed by atoms with van der Waals surface area (Å²) in [5.41, 5.74) is -0.0859. The van der Waals surface area contributed by atoms with E-state index in [9.17, 15) is 14.7 Å². The number of rotatable bonds is 8. The lowest BCUT2D eigenvalue weighted by Gasteiger charge is -2.27. The number of carbonyl (C=O) groups is 2. The van der Waals surface area contributed by atoms with Gasteiger partial charge in [0.1, 0.15) is 5.75 Å². The summed E-state index contributed by atoms with van der Waals surface area (Å²) in [6.45, 7) is 5.04. The first-order valence-corrected chi connectivity index (χ1v) is 9.34. The van der Waals surface area contributed by atoms with Crippen molar-refractivity contribution in [3.05, 3.63) is 23.2 Å². The van der Waals surface area contributed by atoms with Crippen LogP contribution < -0.4 is 15.0 Å². The Kier molecular flexibility index (Phi) is 6.75. The van der Waals surface area contributed by atoms with E-state index in [0.717, 1.165) is 24.4 Å². The molecule has 1 saturated heterocycles. The molecule has 1 aliphatic rings. The van der Waals surface area contributed by atoms with Gasteiger partial charge in [-0.2, -0.15) is 0 Å². The summed E-state index contributed by atoms with van der Waals surface area (Å²) in [5, 5.41) is 13.1. The molecule has 2 rings (SSSR count). The lowest BCUT2D eigenvalue weighted by atomic mass is 9.79. The van der Waals surface area contributed by atoms with Gasteiger partial charge < -0.3 is 20.1 Å². The number of carboxylic acids is 1. The van der Waals surface area contributed by atoms with Crippen LogP contribution >= 0.6 is 11.6 Å². The molecule has 0 aliphatic carbocycles. The number of ether oxygens (including phenoxy) is 1. The van der Waals surface area contributed by atoms with Crippen LogP contribution in [0.3, 0.4) is 0 Å². The number of benzene rings is 1. The third-order valence-electron chi connectivity index (χ3n) is 5.34. The van der Waals surface area contributed by atoms with Gasteiger partial charge in [0.05, 0.1) is 18.2 Å². The number of carboxylic acid groups (broad SMARTS) is 1. The molecule has 1 unspecified atom stereocenters. The summed E-state index contributed by atoms with van der Waals surface area (Å²) < 4.78 is 5.40. The molecule has 1 heterocycles. The molecule has 26 heavy (non-hydrogen) atoms. The Hall–Kier alpha value is -1.95. The third kappa shape index (κ3) is 4.41. The fraction of sp³-hybridized carbons (Fsp3) is 0.579. The molecule has 0 bridgehead atoms. The van der Waals surface area contributed by atoms with E-state index in [2.05, 4.69) is 10.2 Å². The summed E-state index contributed by atoms with van der Waals surface area (Å²) in [5.74, 6) is -0.376. The summed E-state index contributed by atoms with van der Waals surface area (Å²) in [6.07, 6.45) is 1.66. The Bertz CT molecular complexity index is 661. The quantitative estimate of drug-likeness (QED) is 0.721. The highest BCUT2D eigenvalue weighted by Gasteiger charge is 2.38. The molecular weight excluding hydrogens is 356 g/mol. The van der Waals surface area contributed by atoms with Crippen molar-refractivity contribution >= 4 is 29.2 Å². The first kappa shape index (κ1) is 20.4. The van der Waals surface area contributed by atoms with Gasteiger partial charge in [-0.05, 0) is 37.5 Å². The van der Waals surface area contributed by atoms with Gasteiger partial charge in [0.2, 0.25) is 5.91 Å². The minimum Gasteiger partial charge on any atom is -0.495 e. The van der Waals surface area contributed by atoms with E-state index in [1.54, 1.807) is 13.2 Å². The second kappa shape index (κ2) is 8.62. The van der Waals surface area contributed by atoms with Crippen molar-refractivity contribution in [1.29, 1.82) is 0 Å². The molecule has 0 saturated carbocycles. The molecule has 1 aliphatic heterocycles. The number of amides is 1. The van der Waals surface area contributed by atoms with Crippen molar-refractivity contribution in [2.24, 2.45) is 5.41 Å². The zero-order valence-electron chi connectivity index (χ0n) is 15.5. The maximum atomic E-state index is 12.4. The zero-order valence-corrected chi connectivity index (χ0v) is 16.3. The highest BCUT2D eigenvalue weighted by Crippen LogP contribution is 2.34. The van der Waals surface area contributed by atoms with Crippen molar-refractivity contribution in [3.8, 4) is 5.75 Å². The normalized spacial score (nSPS) is 17.2. The van der Waals surface area contributed by atoms with Crippen LogP contribution in [0, 0.1) is 5.41 Å². The molecule has 7 heteroatoms. The first-order chi connectivity index (χ1) is 12.3. The van der Waals surface area contributed by atoms with Crippen LogP contribution in [-0.2, 0) is 9.59 Å². The third-order valence-corrected chi connectivity index (χ3v) is 5.58. The minimum atomic E-state index is -0.988. The van der Waals surface area contributed by atoms with Gasteiger partial charge in [0.25, 0.3) is 0 Å². The second-order valence-electron chi connectivity index (χ2n) is 6.78. The molecule has 2 N–H and O–H groups in total. The number of halogens is 1. The summed E-state index contributed by atoms with van der Waals surface area (Å²) >= 11 is 6.10. The summed E-state index contributed by atoms with van der Waals surface area (Å²) in [6, 6.07) is 5.44. The molecule has 6 nitrogen and oxygen atoms in total. The number of carbonyl (C=O) groups excluding carboxylic acids is 1. The Labute approximate surface area is 159 Å². The molecule has 1 amide bonds. The topological polar surface area (TPSA) is 78.9 Å². The van der Waals surface area contributed by atoms with Crippen LogP contribution in [0.4, 0.5) is 5.69 Å². The van der Waals surface area contributed by atoms with Crippen LogP contribution in [0.15, 0.2) is 18.2 Å². The highest BCUT2D eigenvalue weighted by molar-refractivity contribution is 6.30. The van der Waals surface area contributed by atoms with E-state index < -0.39 is 11.4 Å². The van der Waals surface area contributed by atoms with Crippen molar-refractivity contribution in [3.63, 3.8) is 0 Å². The summed E-state index contributed by atoms with van der Waals surface area (Å²) in [7, 11) is 1.61. The lowest BCUT2D eigenvalue weighted by molar-refractivity contribution is -0.152. The molecule has 1 atom stereocenters. The van der Waals surface area contributed by atoms with E-state index in [-0.39, 0.29) is 18.4 Å². The molecule has 0 radical (unpaired) electrons. The molecule has 1 fully saturated rings. The van der Waals surface area contributed by atoms with Gasteiger partial charge in [-0.25, -0.2) is 0 Å². The average molecular weight is 383 g/mol. The number of nitrogens with one attached hydrogen (secondary N) is 1. The Balaban J connectivity index is 2.00. The van der Waals surface area contributed by atoms with Crippen molar-refractivity contribution in [1.82, 2.24) is 5.32 Å². The first-order valence-electron chi connectivity index (χ1n) is 8.96. The van der Waals surface area contributed by atoms with Crippen molar-refractivity contribution in [2.75, 3.05) is 25.1 Å². The highest BCUT2D eigenvalue weighted by atomic mass is 35.5. The van der Waals surface area contributed by atoms with E-state index in [1.807, 2.05) is 26.0 Å². The van der Waals surface area contributed by atoms with Crippen LogP contribution in [0.25, 0.3) is 0 Å². The number of hydrogen-bond acceptors (Lipinski definition) is 4. The predicted octanol–water partition coefficient (Wildman–Crippen LogP) is 3.32. The molecule has 0 spiro atoms. The van der Waals surface area contributed by atoms with Crippen LogP contribution in [0.2, 0.25) is 5.02 Å². The van der Waals surface area contributed by atoms with Gasteiger partial charge in [-0.1, -0.05) is 25.4 Å². The standard InChI is InChI=1S/C19H27ClN2O4/c1-4-19(5-2,18(24)25)11-17(23)21-14-8-9-22(12-14)15-10-13(20)6-7-16(15)26-3/h6-7,10,14H,4-5,8-9,11-12H2,1-3H3,(H,21,23)(H,24,25). The maximum absolute atomic E-state index is 12.4. The van der Waals surface area contributed by atoms with Gasteiger partial charge in [-0.3, -0.25) is 9.59 Å². The summed E-state index contributed by atoms with van der Waals surface area (Å²) in [4.78, 5) is 26.1. The number of aliphatic carboxylic acids is 1. The fourth-order valence-corrected chi connectivity index (χ4v) is 3.64. The largest absolute Gasteiger partial charge is 0.495 e. The Morgan fingerprint density at radius 1 is 1.38 bits per heavy atom. The number of hydrogen-bond donors (Lipinski definition) is 2. The number of methoxy groups -OCH3 is 1. The molecular formula is C19H27ClN2O4. The van der Waals surface area contributed by atoms with Gasteiger partial charge in [0, 0.05) is 30.6 Å². The maximum Gasteiger partial charge on any atom is 0.310 e. The van der Waals surface area contributed by atoms with Crippen LogP contribution in [0.5, 0.6) is 5.75 Å². The smallest absolute Gasteiger partial charge is 0.310 e. The SMILES string of the molecule is CCC(CC)(CC(=O)NC1CCN(c2cc(Cl)ccc2OC)C1)C(=O)O. The monoisotopic (exact) mass is 382 g/mol. The second-order valence-corrected chi connectivity index (χ2v) is 7.22. The van der Waals surface area contributed by atoms with Gasteiger partial charge in [0.15, 0.2) is 0 Å². The molecule has 1 aromatic carbocycles. The van der Waals surface area contributed by atoms with Gasteiger partial charge >= 0.3 is 5.97 Å². The average Bonchev–Trinajstić information content (AvgIpc) is 3.07. The van der Waals surface area contributed by atoms with Crippen LogP contribution in [-0.4, -0.2) is 43.2 Å². The van der Waals surface area contributed by atoms with E-state index in [0.29, 0.717) is 24.4 Å². The van der Waals surface area contributed by atoms with E-state index in [1.165, 1.54) is 0 Å². The fourth-order valence-electron chi connectivity index (χ4n) is 3.47. The Morgan fingerprint density at radius 2 is 2.08 bits per heavy atom. The van der Waals surface area contributed by atoms with E-state index in [4.69, 9.17) is 16.3 Å². The lowest BCUT2D eigenvalue weighted by Crippen LogP contribution is -2.42. The number of anilines is 1. The predicted molar refractivity (Wildman–Crippen MR) is 102 cm³/mol. The zero-order chi connectivity index (χ0) is 19.3. The minimum absolute atomic E-state index is 0.00627. The Morgan fingerprint density at radius 3 is 2.65 bits per heavy atom. The molecule has 0 aromatic heterocycles. The number of nitrogens with zero attached hydrogens (tertiary/aromatic N) is 1. The molecule has 1 aromatic rings. The van der Waals surface area contributed by atoms with Gasteiger partial charge in [-0.15, -0.1) is 0 Å². The van der Waals surface area contributed by atoms with Crippen molar-refractivity contribution in [2.45, 2.75) is 45.6 Å². The van der Waals surface area contributed by atoms with Crippen LogP contribution in [0.1, 0.15) is 39.5 Å². The van der Waals surface area contributed by atoms with Crippen molar-refractivity contribution < 1.29 is 19.4 Å².